The van der Waals surface area contributed by atoms with E-state index in [0.29, 0.717) is 19.4 Å². The summed E-state index contributed by atoms with van der Waals surface area (Å²) in [6, 6.07) is 13.6. The van der Waals surface area contributed by atoms with Crippen molar-refractivity contribution in [2.75, 3.05) is 13.1 Å². The van der Waals surface area contributed by atoms with Crippen LogP contribution < -0.4 is 10.6 Å². The normalized spacial score (nSPS) is 24.8. The fourth-order valence-electron chi connectivity index (χ4n) is 5.14. The molecule has 0 bridgehead atoms. The fraction of sp³-hybridized carbons (Fsp3) is 0.393. The number of hydrogen-bond acceptors (Lipinski definition) is 6. The Morgan fingerprint density at radius 2 is 2.05 bits per heavy atom. The average Bonchev–Trinajstić information content (AvgIpc) is 3.54. The van der Waals surface area contributed by atoms with E-state index in [0.717, 1.165) is 11.6 Å². The summed E-state index contributed by atoms with van der Waals surface area (Å²) in [6.45, 7) is 0.866. The van der Waals surface area contributed by atoms with Gasteiger partial charge in [0.15, 0.2) is 6.10 Å². The third-order valence-corrected chi connectivity index (χ3v) is 7.47. The van der Waals surface area contributed by atoms with Crippen molar-refractivity contribution >= 4 is 29.5 Å². The van der Waals surface area contributed by atoms with Crippen molar-refractivity contribution in [2.24, 2.45) is 5.92 Å². The van der Waals surface area contributed by atoms with E-state index in [-0.39, 0.29) is 35.4 Å². The van der Waals surface area contributed by atoms with Crippen LogP contribution in [-0.2, 0) is 9.59 Å². The van der Waals surface area contributed by atoms with E-state index in [1.807, 2.05) is 30.3 Å². The van der Waals surface area contributed by atoms with Crippen LogP contribution in [0.3, 0.4) is 0 Å². The van der Waals surface area contributed by atoms with E-state index in [2.05, 4.69) is 10.6 Å². The molecule has 0 spiro atoms. The first-order valence-electron chi connectivity index (χ1n) is 12.5. The summed E-state index contributed by atoms with van der Waals surface area (Å²) in [5.74, 6) is -1.89. The molecule has 2 saturated heterocycles. The Morgan fingerprint density at radius 1 is 1.29 bits per heavy atom. The number of nitriles is 1. The molecule has 2 amide bonds. The molecule has 4 N–H and O–H groups in total. The minimum Gasteiger partial charge on any atom is -0.378 e. The summed E-state index contributed by atoms with van der Waals surface area (Å²) in [5, 5.41) is 35.7. The first-order valence-corrected chi connectivity index (χ1v) is 12.9. The molecule has 6 unspecified atom stereocenters. The Labute approximate surface area is 225 Å². The summed E-state index contributed by atoms with van der Waals surface area (Å²) < 4.78 is 14.2. The van der Waals surface area contributed by atoms with E-state index in [1.165, 1.54) is 29.2 Å². The highest BCUT2D eigenvalue weighted by molar-refractivity contribution is 6.30. The molecule has 0 aliphatic carbocycles. The molecule has 2 aromatic carbocycles. The highest BCUT2D eigenvalue weighted by Gasteiger charge is 2.41. The number of carbonyl (C=O) groups is 2. The molecule has 200 valence electrons. The number of hydrogen-bond donors (Lipinski definition) is 4. The molecule has 0 aromatic heterocycles. The lowest BCUT2D eigenvalue weighted by Gasteiger charge is -2.28. The van der Waals surface area contributed by atoms with Crippen molar-refractivity contribution < 1.29 is 24.2 Å². The van der Waals surface area contributed by atoms with Gasteiger partial charge >= 0.3 is 0 Å². The van der Waals surface area contributed by atoms with Gasteiger partial charge in [0.25, 0.3) is 0 Å². The summed E-state index contributed by atoms with van der Waals surface area (Å²) in [6.07, 6.45) is 1.49. The van der Waals surface area contributed by atoms with E-state index in [4.69, 9.17) is 11.6 Å². The van der Waals surface area contributed by atoms with E-state index in [1.54, 1.807) is 6.07 Å². The monoisotopic (exact) mass is 540 g/mol. The van der Waals surface area contributed by atoms with Crippen molar-refractivity contribution in [3.63, 3.8) is 0 Å². The van der Waals surface area contributed by atoms with Gasteiger partial charge in [-0.3, -0.25) is 14.9 Å². The first-order chi connectivity index (χ1) is 18.3. The fourth-order valence-corrected chi connectivity index (χ4v) is 5.30. The van der Waals surface area contributed by atoms with E-state index >= 15 is 0 Å². The van der Waals surface area contributed by atoms with Gasteiger partial charge in [-0.25, -0.2) is 4.39 Å². The third-order valence-electron chi connectivity index (χ3n) is 7.24. The first kappa shape index (κ1) is 27.7. The number of aliphatic hydroxyl groups is 2. The molecule has 2 aliphatic rings. The van der Waals surface area contributed by atoms with Crippen molar-refractivity contribution in [2.45, 2.75) is 49.6 Å². The van der Waals surface area contributed by atoms with Gasteiger partial charge < -0.3 is 20.4 Å². The van der Waals surface area contributed by atoms with Crippen LogP contribution in [0, 0.1) is 23.1 Å². The molecule has 0 saturated carbocycles. The number of amides is 2. The zero-order chi connectivity index (χ0) is 27.2. The second-order valence-electron chi connectivity index (χ2n) is 9.72. The van der Waals surface area contributed by atoms with E-state index < -0.39 is 42.0 Å². The Hall–Kier alpha value is -3.29. The smallest absolute Gasteiger partial charge is 0.247 e. The zero-order valence-electron chi connectivity index (χ0n) is 20.6. The third kappa shape index (κ3) is 6.58. The second-order valence-corrected chi connectivity index (χ2v) is 10.2. The average molecular weight is 541 g/mol. The number of likely N-dealkylation sites (tertiary alicyclic amines) is 1. The predicted octanol–water partition coefficient (Wildman–Crippen LogP) is 2.56. The summed E-state index contributed by atoms with van der Waals surface area (Å²) in [5.41, 5.74) is 1.16. The Kier molecular flexibility index (Phi) is 9.13. The number of rotatable bonds is 8. The van der Waals surface area contributed by atoms with Crippen LogP contribution in [0.4, 0.5) is 4.39 Å². The van der Waals surface area contributed by atoms with Crippen LogP contribution in [0.1, 0.15) is 36.3 Å². The van der Waals surface area contributed by atoms with Crippen LogP contribution in [0.5, 0.6) is 0 Å². The number of aliphatic hydroxyl groups excluding tert-OH is 2. The molecule has 2 fully saturated rings. The standard InChI is InChI=1S/C28H30ClFN4O4/c29-21-8-6-18(22(30)14-21)7-9-26(36)34-16-20(17-4-2-1-3-5-17)13-24(34)28(38)33-23(25(35)15-31)12-19-10-11-32-27(19)37/h1-9,14,19-20,23-25,27,32,35,37H,10-13,16H2,(H,33,38)/b9-7+. The maximum absolute atomic E-state index is 14.2. The largest absolute Gasteiger partial charge is 0.378 e. The van der Waals surface area contributed by atoms with Gasteiger partial charge in [-0.1, -0.05) is 48.0 Å². The number of carbonyl (C=O) groups excluding carboxylic acids is 2. The highest BCUT2D eigenvalue weighted by Crippen LogP contribution is 2.33. The zero-order valence-corrected chi connectivity index (χ0v) is 21.4. The van der Waals surface area contributed by atoms with Gasteiger partial charge in [0.2, 0.25) is 11.8 Å². The number of nitrogens with zero attached hydrogens (tertiary/aromatic N) is 2. The minimum absolute atomic E-state index is 0.114. The molecule has 2 aliphatic heterocycles. The maximum Gasteiger partial charge on any atom is 0.247 e. The van der Waals surface area contributed by atoms with Gasteiger partial charge in [0.1, 0.15) is 18.1 Å². The second kappa shape index (κ2) is 12.5. The Balaban J connectivity index is 1.54. The van der Waals surface area contributed by atoms with Crippen LogP contribution in [-0.4, -0.2) is 64.4 Å². The lowest BCUT2D eigenvalue weighted by Crippen LogP contribution is -2.52. The summed E-state index contributed by atoms with van der Waals surface area (Å²) in [4.78, 5) is 28.2. The molecular formula is C28H30ClFN4O4. The molecule has 38 heavy (non-hydrogen) atoms. The van der Waals surface area contributed by atoms with Gasteiger partial charge in [-0.2, -0.15) is 5.26 Å². The number of nitrogens with one attached hydrogen (secondary N) is 2. The lowest BCUT2D eigenvalue weighted by molar-refractivity contribution is -0.135. The van der Waals surface area contributed by atoms with Gasteiger partial charge in [-0.05, 0) is 49.6 Å². The van der Waals surface area contributed by atoms with Crippen molar-refractivity contribution in [3.05, 3.63) is 76.6 Å². The van der Waals surface area contributed by atoms with Crippen LogP contribution in [0.25, 0.3) is 6.08 Å². The molecule has 0 radical (unpaired) electrons. The quantitative estimate of drug-likeness (QED) is 0.301. The van der Waals surface area contributed by atoms with E-state index in [9.17, 15) is 29.5 Å². The SMILES string of the molecule is N#CC(O)C(CC1CCNC1O)NC(=O)C1CC(c2ccccc2)CN1C(=O)/C=C/c1ccc(Cl)cc1F. The summed E-state index contributed by atoms with van der Waals surface area (Å²) in [7, 11) is 0. The van der Waals surface area contributed by atoms with Gasteiger partial charge in [-0.15, -0.1) is 0 Å². The Morgan fingerprint density at radius 3 is 2.71 bits per heavy atom. The predicted molar refractivity (Wildman–Crippen MR) is 140 cm³/mol. The molecule has 6 atom stereocenters. The van der Waals surface area contributed by atoms with Crippen molar-refractivity contribution in [1.29, 1.82) is 5.26 Å². The van der Waals surface area contributed by atoms with Crippen LogP contribution in [0.2, 0.25) is 5.02 Å². The van der Waals surface area contributed by atoms with Gasteiger partial charge in [0.05, 0.1) is 12.1 Å². The molecule has 8 nitrogen and oxygen atoms in total. The minimum atomic E-state index is -1.48. The van der Waals surface area contributed by atoms with Crippen LogP contribution in [0.15, 0.2) is 54.6 Å². The molecular weight excluding hydrogens is 511 g/mol. The molecule has 2 aromatic rings. The topological polar surface area (TPSA) is 126 Å². The van der Waals surface area contributed by atoms with Gasteiger partial charge in [0, 0.05) is 35.0 Å². The van der Waals surface area contributed by atoms with Crippen molar-refractivity contribution in [1.82, 2.24) is 15.5 Å². The van der Waals surface area contributed by atoms with Crippen molar-refractivity contribution in [3.8, 4) is 6.07 Å². The number of benzene rings is 2. The highest BCUT2D eigenvalue weighted by atomic mass is 35.5. The Bertz CT molecular complexity index is 1220. The lowest BCUT2D eigenvalue weighted by atomic mass is 9.93. The van der Waals surface area contributed by atoms with Crippen LogP contribution >= 0.6 is 11.6 Å². The maximum atomic E-state index is 14.2. The molecule has 4 rings (SSSR count). The number of halogens is 2. The summed E-state index contributed by atoms with van der Waals surface area (Å²) >= 11 is 5.81. The molecule has 10 heteroatoms. The molecule has 2 heterocycles.